The van der Waals surface area contributed by atoms with Gasteiger partial charge in [-0.25, -0.2) is 17.5 Å². The molecular formula is C14H22FN3O2S. The lowest BCUT2D eigenvalue weighted by molar-refractivity contribution is 0.253. The van der Waals surface area contributed by atoms with Crippen molar-refractivity contribution in [2.75, 3.05) is 38.5 Å². The maximum atomic E-state index is 12.9. The normalized spacial score (nSPS) is 18.6. The summed E-state index contributed by atoms with van der Waals surface area (Å²) in [6.07, 6.45) is 0. The molecule has 0 radical (unpaired) electrons. The molecule has 1 aliphatic heterocycles. The number of halogens is 1. The van der Waals surface area contributed by atoms with E-state index in [-0.39, 0.29) is 17.6 Å². The lowest BCUT2D eigenvalue weighted by Crippen LogP contribution is -2.46. The highest BCUT2D eigenvalue weighted by Crippen LogP contribution is 2.14. The number of hydrogen-bond acceptors (Lipinski definition) is 4. The Labute approximate surface area is 125 Å². The number of nitrogens with zero attached hydrogens (tertiary/aromatic N) is 1. The average Bonchev–Trinajstić information content (AvgIpc) is 2.46. The van der Waals surface area contributed by atoms with Gasteiger partial charge >= 0.3 is 0 Å². The molecule has 0 spiro atoms. The second kappa shape index (κ2) is 7.31. The van der Waals surface area contributed by atoms with Gasteiger partial charge in [0.1, 0.15) is 5.82 Å². The molecule has 2 rings (SSSR count). The van der Waals surface area contributed by atoms with E-state index >= 15 is 0 Å². The summed E-state index contributed by atoms with van der Waals surface area (Å²) in [5, 5.41) is 3.23. The van der Waals surface area contributed by atoms with Crippen molar-refractivity contribution in [3.8, 4) is 0 Å². The summed E-state index contributed by atoms with van der Waals surface area (Å²) in [7, 11) is -3.34. The highest BCUT2D eigenvalue weighted by atomic mass is 32.2. The lowest BCUT2D eigenvalue weighted by Gasteiger charge is -2.27. The fraction of sp³-hybridized carbons (Fsp3) is 0.571. The lowest BCUT2D eigenvalue weighted by atomic mass is 10.1. The van der Waals surface area contributed by atoms with E-state index in [2.05, 4.69) is 14.9 Å². The molecule has 7 heteroatoms. The molecule has 1 atom stereocenters. The van der Waals surface area contributed by atoms with E-state index < -0.39 is 10.0 Å². The molecule has 0 aromatic heterocycles. The first-order valence-electron chi connectivity index (χ1n) is 7.15. The number of nitrogens with one attached hydrogen (secondary N) is 2. The molecule has 118 valence electrons. The number of rotatable bonds is 6. The van der Waals surface area contributed by atoms with Gasteiger partial charge in [-0.3, -0.25) is 4.90 Å². The van der Waals surface area contributed by atoms with E-state index in [1.165, 1.54) is 12.1 Å². The Morgan fingerprint density at radius 3 is 2.52 bits per heavy atom. The second-order valence-corrected chi connectivity index (χ2v) is 7.18. The third-order valence-corrected chi connectivity index (χ3v) is 5.04. The second-order valence-electron chi connectivity index (χ2n) is 5.30. The Balaban J connectivity index is 1.86. The van der Waals surface area contributed by atoms with Crippen LogP contribution in [0.3, 0.4) is 0 Å². The Kier molecular flexibility index (Phi) is 5.69. The molecule has 0 saturated carbocycles. The summed E-state index contributed by atoms with van der Waals surface area (Å²) in [5.74, 6) is -0.244. The van der Waals surface area contributed by atoms with E-state index in [0.29, 0.717) is 6.54 Å². The Hall–Kier alpha value is -1.02. The minimum atomic E-state index is -3.34. The zero-order chi connectivity index (χ0) is 15.3. The monoisotopic (exact) mass is 315 g/mol. The van der Waals surface area contributed by atoms with Crippen LogP contribution in [0.2, 0.25) is 0 Å². The molecule has 1 unspecified atom stereocenters. The van der Waals surface area contributed by atoms with Crippen LogP contribution in [0.15, 0.2) is 24.3 Å². The summed E-state index contributed by atoms with van der Waals surface area (Å²) in [6, 6.07) is 5.50. The van der Waals surface area contributed by atoms with Crippen molar-refractivity contribution in [3.63, 3.8) is 0 Å². The van der Waals surface area contributed by atoms with E-state index in [9.17, 15) is 12.8 Å². The Morgan fingerprint density at radius 2 is 1.90 bits per heavy atom. The quantitative estimate of drug-likeness (QED) is 0.812. The van der Waals surface area contributed by atoms with Crippen LogP contribution < -0.4 is 10.0 Å². The van der Waals surface area contributed by atoms with Gasteiger partial charge in [-0.15, -0.1) is 0 Å². The number of sulfonamides is 1. The smallest absolute Gasteiger partial charge is 0.213 e. The summed E-state index contributed by atoms with van der Waals surface area (Å²) >= 11 is 0. The molecule has 21 heavy (non-hydrogen) atoms. The Bertz CT molecular complexity index is 542. The van der Waals surface area contributed by atoms with Crippen LogP contribution in [-0.2, 0) is 10.0 Å². The average molecular weight is 315 g/mol. The van der Waals surface area contributed by atoms with Crippen LogP contribution in [0, 0.1) is 5.82 Å². The van der Waals surface area contributed by atoms with Crippen LogP contribution in [0.1, 0.15) is 18.5 Å². The molecule has 1 aromatic carbocycles. The minimum absolute atomic E-state index is 0.0819. The van der Waals surface area contributed by atoms with Crippen LogP contribution in [0.5, 0.6) is 0 Å². The predicted molar refractivity (Wildman–Crippen MR) is 81.0 cm³/mol. The summed E-state index contributed by atoms with van der Waals surface area (Å²) in [5.41, 5.74) is 0.752. The highest BCUT2D eigenvalue weighted by molar-refractivity contribution is 7.89. The summed E-state index contributed by atoms with van der Waals surface area (Å²) in [6.45, 7) is 5.85. The first kappa shape index (κ1) is 16.4. The fourth-order valence-corrected chi connectivity index (χ4v) is 3.62. The topological polar surface area (TPSA) is 61.4 Å². The number of piperazine rings is 1. The third-order valence-electron chi connectivity index (χ3n) is 3.61. The van der Waals surface area contributed by atoms with E-state index in [1.807, 2.05) is 0 Å². The van der Waals surface area contributed by atoms with Gasteiger partial charge in [-0.2, -0.15) is 0 Å². The first-order valence-corrected chi connectivity index (χ1v) is 8.80. The maximum Gasteiger partial charge on any atom is 0.213 e. The zero-order valence-corrected chi connectivity index (χ0v) is 13.0. The number of benzene rings is 1. The Morgan fingerprint density at radius 1 is 1.29 bits per heavy atom. The SMILES string of the molecule is CC(NS(=O)(=O)CCN1CCNCC1)c1ccc(F)cc1. The van der Waals surface area contributed by atoms with Crippen molar-refractivity contribution in [3.05, 3.63) is 35.6 Å². The van der Waals surface area contributed by atoms with Gasteiger partial charge < -0.3 is 5.32 Å². The van der Waals surface area contributed by atoms with Crippen molar-refractivity contribution >= 4 is 10.0 Å². The van der Waals surface area contributed by atoms with Crippen LogP contribution >= 0.6 is 0 Å². The molecule has 5 nitrogen and oxygen atoms in total. The van der Waals surface area contributed by atoms with Gasteiger partial charge in [-0.05, 0) is 24.6 Å². The molecule has 0 amide bonds. The standard InChI is InChI=1S/C14H22FN3O2S/c1-12(13-2-4-14(15)5-3-13)17-21(19,20)11-10-18-8-6-16-7-9-18/h2-5,12,16-17H,6-11H2,1H3. The molecule has 1 aromatic rings. The molecular weight excluding hydrogens is 293 g/mol. The minimum Gasteiger partial charge on any atom is -0.314 e. The van der Waals surface area contributed by atoms with Gasteiger partial charge in [0.2, 0.25) is 10.0 Å². The van der Waals surface area contributed by atoms with Crippen LogP contribution in [-0.4, -0.2) is 51.8 Å². The van der Waals surface area contributed by atoms with Crippen molar-refractivity contribution < 1.29 is 12.8 Å². The van der Waals surface area contributed by atoms with E-state index in [4.69, 9.17) is 0 Å². The van der Waals surface area contributed by atoms with Crippen LogP contribution in [0.4, 0.5) is 4.39 Å². The first-order chi connectivity index (χ1) is 9.96. The molecule has 1 heterocycles. The van der Waals surface area contributed by atoms with Gasteiger partial charge in [0.25, 0.3) is 0 Å². The molecule has 0 bridgehead atoms. The highest BCUT2D eigenvalue weighted by Gasteiger charge is 2.18. The molecule has 2 N–H and O–H groups in total. The number of hydrogen-bond donors (Lipinski definition) is 2. The maximum absolute atomic E-state index is 12.9. The van der Waals surface area contributed by atoms with Gasteiger partial charge in [-0.1, -0.05) is 12.1 Å². The van der Waals surface area contributed by atoms with Crippen molar-refractivity contribution in [2.45, 2.75) is 13.0 Å². The largest absolute Gasteiger partial charge is 0.314 e. The molecule has 1 fully saturated rings. The predicted octanol–water partition coefficient (Wildman–Crippen LogP) is 0.711. The van der Waals surface area contributed by atoms with Crippen molar-refractivity contribution in [1.29, 1.82) is 0 Å². The van der Waals surface area contributed by atoms with Gasteiger partial charge in [0, 0.05) is 38.8 Å². The van der Waals surface area contributed by atoms with Gasteiger partial charge in [0.05, 0.1) is 5.75 Å². The van der Waals surface area contributed by atoms with Crippen molar-refractivity contribution in [1.82, 2.24) is 14.9 Å². The van der Waals surface area contributed by atoms with E-state index in [0.717, 1.165) is 31.7 Å². The summed E-state index contributed by atoms with van der Waals surface area (Å²) < 4.78 is 39.7. The summed E-state index contributed by atoms with van der Waals surface area (Å²) in [4.78, 5) is 2.14. The third kappa shape index (κ3) is 5.35. The molecule has 1 saturated heterocycles. The molecule has 1 aliphatic rings. The van der Waals surface area contributed by atoms with Crippen molar-refractivity contribution in [2.24, 2.45) is 0 Å². The fourth-order valence-electron chi connectivity index (χ4n) is 2.33. The van der Waals surface area contributed by atoms with Gasteiger partial charge in [0.15, 0.2) is 0 Å². The van der Waals surface area contributed by atoms with Crippen LogP contribution in [0.25, 0.3) is 0 Å². The van der Waals surface area contributed by atoms with E-state index in [1.54, 1.807) is 19.1 Å². The zero-order valence-electron chi connectivity index (χ0n) is 12.2. The molecule has 0 aliphatic carbocycles.